The first-order chi connectivity index (χ1) is 13.2. The quantitative estimate of drug-likeness (QED) is 0.592. The number of hydrazone groups is 1. The standard InChI is InChI=1S/C24H29N3O/c1-16(2)27-22-12-17(3)20(13-21(22)18(4)14-24(27,5)6)15-25-26-23(28)19-10-8-7-9-11-19/h7-16H,1-6H3,(H,26,28)/b25-15+. The first-order valence-corrected chi connectivity index (χ1v) is 9.73. The average molecular weight is 376 g/mol. The van der Waals surface area contributed by atoms with Crippen LogP contribution in [0.25, 0.3) is 5.57 Å². The number of nitrogens with one attached hydrogen (secondary N) is 1. The van der Waals surface area contributed by atoms with Crippen LogP contribution in [0.2, 0.25) is 0 Å². The molecule has 0 aliphatic carbocycles. The van der Waals surface area contributed by atoms with E-state index in [1.165, 1.54) is 16.8 Å². The third-order valence-corrected chi connectivity index (χ3v) is 5.18. The Hall–Kier alpha value is -2.88. The lowest BCUT2D eigenvalue weighted by Gasteiger charge is -2.46. The number of hydrogen-bond acceptors (Lipinski definition) is 3. The van der Waals surface area contributed by atoms with Crippen LogP contribution in [-0.2, 0) is 0 Å². The Kier molecular flexibility index (Phi) is 5.41. The lowest BCUT2D eigenvalue weighted by molar-refractivity contribution is 0.0955. The lowest BCUT2D eigenvalue weighted by Crippen LogP contribution is -2.49. The number of benzene rings is 2. The molecule has 0 saturated heterocycles. The molecule has 2 aromatic carbocycles. The summed E-state index contributed by atoms with van der Waals surface area (Å²) in [4.78, 5) is 14.6. The zero-order valence-electron chi connectivity index (χ0n) is 17.6. The van der Waals surface area contributed by atoms with Gasteiger partial charge in [-0.1, -0.05) is 24.3 Å². The predicted octanol–water partition coefficient (Wildman–Crippen LogP) is 5.17. The highest BCUT2D eigenvalue weighted by Gasteiger charge is 2.33. The van der Waals surface area contributed by atoms with Crippen LogP contribution in [0.1, 0.15) is 61.7 Å². The molecule has 1 amide bonds. The number of anilines is 1. The molecule has 1 aliphatic heterocycles. The summed E-state index contributed by atoms with van der Waals surface area (Å²) < 4.78 is 0. The SMILES string of the molecule is CC1=CC(C)(C)N(C(C)C)c2cc(C)c(/C=N/NC(=O)c3ccccc3)cc21. The number of carbonyl (C=O) groups excluding carboxylic acids is 1. The van der Waals surface area contributed by atoms with E-state index in [2.05, 4.69) is 75.2 Å². The highest BCUT2D eigenvalue weighted by atomic mass is 16.2. The molecule has 4 nitrogen and oxygen atoms in total. The lowest BCUT2D eigenvalue weighted by atomic mass is 9.86. The molecule has 1 heterocycles. The minimum Gasteiger partial charge on any atom is -0.360 e. The Balaban J connectivity index is 1.89. The molecule has 4 heteroatoms. The molecular weight excluding hydrogens is 346 g/mol. The van der Waals surface area contributed by atoms with Gasteiger partial charge in [0.1, 0.15) is 0 Å². The van der Waals surface area contributed by atoms with Crippen molar-refractivity contribution in [3.05, 3.63) is 70.8 Å². The Morgan fingerprint density at radius 3 is 2.46 bits per heavy atom. The van der Waals surface area contributed by atoms with Gasteiger partial charge < -0.3 is 4.90 Å². The second-order valence-corrected chi connectivity index (χ2v) is 8.24. The maximum absolute atomic E-state index is 12.2. The molecule has 0 bridgehead atoms. The summed E-state index contributed by atoms with van der Waals surface area (Å²) in [5.41, 5.74) is 9.04. The van der Waals surface area contributed by atoms with Gasteiger partial charge in [0.15, 0.2) is 0 Å². The van der Waals surface area contributed by atoms with Crippen LogP contribution in [0.15, 0.2) is 53.6 Å². The Bertz CT molecular complexity index is 940. The molecule has 1 N–H and O–H groups in total. The van der Waals surface area contributed by atoms with Gasteiger partial charge in [0.25, 0.3) is 5.91 Å². The molecular formula is C24H29N3O. The molecule has 0 atom stereocenters. The number of aryl methyl sites for hydroxylation is 1. The van der Waals surface area contributed by atoms with Gasteiger partial charge in [0, 0.05) is 22.9 Å². The van der Waals surface area contributed by atoms with Crippen LogP contribution < -0.4 is 10.3 Å². The van der Waals surface area contributed by atoms with Gasteiger partial charge in [-0.05, 0) is 82.5 Å². The van der Waals surface area contributed by atoms with Gasteiger partial charge in [-0.15, -0.1) is 0 Å². The van der Waals surface area contributed by atoms with Crippen molar-refractivity contribution in [3.63, 3.8) is 0 Å². The van der Waals surface area contributed by atoms with E-state index in [9.17, 15) is 4.79 Å². The van der Waals surface area contributed by atoms with Gasteiger partial charge in [-0.25, -0.2) is 5.43 Å². The highest BCUT2D eigenvalue weighted by Crippen LogP contribution is 2.41. The summed E-state index contributed by atoms with van der Waals surface area (Å²) in [5.74, 6) is -0.212. The number of fused-ring (bicyclic) bond motifs is 1. The van der Waals surface area contributed by atoms with Crippen LogP contribution in [0.5, 0.6) is 0 Å². The smallest absolute Gasteiger partial charge is 0.271 e. The fourth-order valence-corrected chi connectivity index (χ4v) is 4.11. The number of nitrogens with zero attached hydrogens (tertiary/aromatic N) is 2. The van der Waals surface area contributed by atoms with Gasteiger partial charge in [-0.2, -0.15) is 5.10 Å². The maximum atomic E-state index is 12.2. The number of allylic oxidation sites excluding steroid dienone is 1. The largest absolute Gasteiger partial charge is 0.360 e. The van der Waals surface area contributed by atoms with Crippen molar-refractivity contribution < 1.29 is 4.79 Å². The van der Waals surface area contributed by atoms with E-state index in [1.54, 1.807) is 18.3 Å². The Morgan fingerprint density at radius 1 is 1.14 bits per heavy atom. The summed E-state index contributed by atoms with van der Waals surface area (Å²) in [6, 6.07) is 13.9. The van der Waals surface area contributed by atoms with Crippen molar-refractivity contribution in [2.45, 2.75) is 53.1 Å². The Labute approximate surface area is 168 Å². The van der Waals surface area contributed by atoms with Gasteiger partial charge in [-0.3, -0.25) is 4.79 Å². The van der Waals surface area contributed by atoms with Crippen molar-refractivity contribution >= 4 is 23.4 Å². The molecule has 3 rings (SSSR count). The number of amides is 1. The van der Waals surface area contributed by atoms with Crippen molar-refractivity contribution in [1.82, 2.24) is 5.43 Å². The Morgan fingerprint density at radius 2 is 1.82 bits per heavy atom. The molecule has 0 spiro atoms. The van der Waals surface area contributed by atoms with E-state index in [-0.39, 0.29) is 11.4 Å². The number of hydrogen-bond donors (Lipinski definition) is 1. The van der Waals surface area contributed by atoms with Gasteiger partial charge >= 0.3 is 0 Å². The molecule has 0 aromatic heterocycles. The average Bonchev–Trinajstić information content (AvgIpc) is 2.62. The molecule has 0 saturated carbocycles. The zero-order valence-corrected chi connectivity index (χ0v) is 17.6. The molecule has 146 valence electrons. The fraction of sp³-hybridized carbons (Fsp3) is 0.333. The van der Waals surface area contributed by atoms with E-state index in [0.29, 0.717) is 11.6 Å². The second kappa shape index (κ2) is 7.63. The van der Waals surface area contributed by atoms with Crippen LogP contribution in [0.3, 0.4) is 0 Å². The van der Waals surface area contributed by atoms with E-state index < -0.39 is 0 Å². The minimum atomic E-state index is -0.212. The molecule has 1 aliphatic rings. The van der Waals surface area contributed by atoms with Gasteiger partial charge in [0.05, 0.1) is 11.8 Å². The van der Waals surface area contributed by atoms with Crippen molar-refractivity contribution in [2.75, 3.05) is 4.90 Å². The number of carbonyl (C=O) groups is 1. The third kappa shape index (κ3) is 3.86. The number of rotatable bonds is 4. The minimum absolute atomic E-state index is 0.0308. The highest BCUT2D eigenvalue weighted by molar-refractivity contribution is 5.95. The topological polar surface area (TPSA) is 44.7 Å². The van der Waals surface area contributed by atoms with E-state index in [0.717, 1.165) is 11.1 Å². The molecule has 0 fully saturated rings. The fourth-order valence-electron chi connectivity index (χ4n) is 4.11. The van der Waals surface area contributed by atoms with E-state index in [4.69, 9.17) is 0 Å². The van der Waals surface area contributed by atoms with Crippen molar-refractivity contribution in [3.8, 4) is 0 Å². The summed E-state index contributed by atoms with van der Waals surface area (Å²) >= 11 is 0. The molecule has 0 unspecified atom stereocenters. The summed E-state index contributed by atoms with van der Waals surface area (Å²) in [6.45, 7) is 13.2. The molecule has 28 heavy (non-hydrogen) atoms. The van der Waals surface area contributed by atoms with E-state index in [1.807, 2.05) is 18.2 Å². The predicted molar refractivity (Wildman–Crippen MR) is 118 cm³/mol. The van der Waals surface area contributed by atoms with Crippen LogP contribution in [-0.4, -0.2) is 23.7 Å². The molecule has 0 radical (unpaired) electrons. The van der Waals surface area contributed by atoms with E-state index >= 15 is 0 Å². The van der Waals surface area contributed by atoms with Crippen LogP contribution >= 0.6 is 0 Å². The summed E-state index contributed by atoms with van der Waals surface area (Å²) in [6.07, 6.45) is 4.05. The van der Waals surface area contributed by atoms with Crippen LogP contribution in [0, 0.1) is 6.92 Å². The first kappa shape index (κ1) is 19.9. The van der Waals surface area contributed by atoms with Gasteiger partial charge in [0.2, 0.25) is 0 Å². The first-order valence-electron chi connectivity index (χ1n) is 9.73. The summed E-state index contributed by atoms with van der Waals surface area (Å²) in [7, 11) is 0. The second-order valence-electron chi connectivity index (χ2n) is 8.24. The summed E-state index contributed by atoms with van der Waals surface area (Å²) in [5, 5.41) is 4.18. The zero-order chi connectivity index (χ0) is 20.5. The van der Waals surface area contributed by atoms with Crippen molar-refractivity contribution in [2.24, 2.45) is 5.10 Å². The third-order valence-electron chi connectivity index (χ3n) is 5.18. The normalized spacial score (nSPS) is 15.5. The maximum Gasteiger partial charge on any atom is 0.271 e. The molecule has 2 aromatic rings. The van der Waals surface area contributed by atoms with Crippen LogP contribution in [0.4, 0.5) is 5.69 Å². The monoisotopic (exact) mass is 375 g/mol. The van der Waals surface area contributed by atoms with Crippen molar-refractivity contribution in [1.29, 1.82) is 0 Å².